The normalized spacial score (nSPS) is 10.1. The number of hydrogen-bond donors (Lipinski definition) is 1. The van der Waals surface area contributed by atoms with Crippen LogP contribution >= 0.6 is 0 Å². The molecular weight excluding hydrogens is 144 g/mol. The molecule has 0 aliphatic rings. The fourth-order valence-corrected chi connectivity index (χ4v) is 0.845. The first-order valence-electron chi connectivity index (χ1n) is 3.34. The first-order chi connectivity index (χ1) is 5.27. The van der Waals surface area contributed by atoms with Crippen molar-refractivity contribution in [2.24, 2.45) is 7.05 Å². The molecule has 1 N–H and O–H groups in total. The van der Waals surface area contributed by atoms with E-state index in [0.29, 0.717) is 12.4 Å². The summed E-state index contributed by atoms with van der Waals surface area (Å²) < 4.78 is 6.55. The van der Waals surface area contributed by atoms with E-state index in [9.17, 15) is 0 Å². The molecule has 0 atom stereocenters. The smallest absolute Gasteiger partial charge is 0.220 e. The Morgan fingerprint density at radius 1 is 1.64 bits per heavy atom. The van der Waals surface area contributed by atoms with E-state index >= 15 is 0 Å². The Labute approximate surface area is 65.4 Å². The number of nitrogens with zero attached hydrogens (tertiary/aromatic N) is 3. The van der Waals surface area contributed by atoms with Gasteiger partial charge < -0.3 is 10.1 Å². The summed E-state index contributed by atoms with van der Waals surface area (Å²) in [6.07, 6.45) is 0. The number of aryl methyl sites for hydroxylation is 1. The van der Waals surface area contributed by atoms with Gasteiger partial charge >= 0.3 is 0 Å². The molecule has 0 saturated carbocycles. The minimum absolute atomic E-state index is 0.454. The minimum atomic E-state index is 0.454. The second-order valence-corrected chi connectivity index (χ2v) is 2.16. The molecule has 0 bridgehead atoms. The van der Waals surface area contributed by atoms with E-state index < -0.39 is 0 Å². The summed E-state index contributed by atoms with van der Waals surface area (Å²) in [4.78, 5) is 4.13. The summed E-state index contributed by atoms with van der Waals surface area (Å²) in [5, 5.41) is 7.00. The molecule has 0 fully saturated rings. The Kier molecular flexibility index (Phi) is 2.43. The third kappa shape index (κ3) is 1.68. The summed E-state index contributed by atoms with van der Waals surface area (Å²) >= 11 is 0. The molecule has 0 aliphatic heterocycles. The van der Waals surface area contributed by atoms with Crippen molar-refractivity contribution >= 4 is 5.95 Å². The molecule has 0 radical (unpaired) electrons. The van der Waals surface area contributed by atoms with Crippen LogP contribution in [0.4, 0.5) is 5.95 Å². The van der Waals surface area contributed by atoms with Crippen LogP contribution in [0.15, 0.2) is 0 Å². The number of nitrogens with one attached hydrogen (secondary N) is 1. The zero-order chi connectivity index (χ0) is 8.27. The summed E-state index contributed by atoms with van der Waals surface area (Å²) in [5.74, 6) is 1.44. The number of rotatable bonds is 3. The van der Waals surface area contributed by atoms with E-state index in [1.165, 1.54) is 0 Å². The Bertz CT molecular complexity index is 232. The monoisotopic (exact) mass is 156 g/mol. The number of methoxy groups -OCH3 is 1. The molecule has 0 saturated heterocycles. The van der Waals surface area contributed by atoms with Crippen molar-refractivity contribution in [1.29, 1.82) is 0 Å². The zero-order valence-electron chi connectivity index (χ0n) is 6.96. The standard InChI is InChI=1S/C6H12N4O/c1-7-6-8-5(4-11-3)9-10(6)2/h4H2,1-3H3,(H,7,8,9). The van der Waals surface area contributed by atoms with E-state index in [-0.39, 0.29) is 0 Å². The third-order valence-corrected chi connectivity index (χ3v) is 1.30. The average molecular weight is 156 g/mol. The van der Waals surface area contributed by atoms with Crippen molar-refractivity contribution in [3.63, 3.8) is 0 Å². The molecule has 0 amide bonds. The SMILES string of the molecule is CNc1nc(COC)nn1C. The molecule has 62 valence electrons. The molecule has 11 heavy (non-hydrogen) atoms. The maximum Gasteiger partial charge on any atom is 0.220 e. The van der Waals surface area contributed by atoms with Crippen LogP contribution in [0.5, 0.6) is 0 Å². The first kappa shape index (κ1) is 8.00. The predicted molar refractivity (Wildman–Crippen MR) is 41.3 cm³/mol. The topological polar surface area (TPSA) is 52.0 Å². The third-order valence-electron chi connectivity index (χ3n) is 1.30. The van der Waals surface area contributed by atoms with E-state index in [1.54, 1.807) is 18.8 Å². The quantitative estimate of drug-likeness (QED) is 0.669. The van der Waals surface area contributed by atoms with Gasteiger partial charge in [0.1, 0.15) is 6.61 Å². The maximum atomic E-state index is 4.87. The van der Waals surface area contributed by atoms with Crippen LogP contribution in [0.2, 0.25) is 0 Å². The average Bonchev–Trinajstić information content (AvgIpc) is 2.32. The van der Waals surface area contributed by atoms with Gasteiger partial charge in [0.2, 0.25) is 5.95 Å². The van der Waals surface area contributed by atoms with Gasteiger partial charge in [-0.05, 0) is 0 Å². The van der Waals surface area contributed by atoms with Gasteiger partial charge in [-0.1, -0.05) is 0 Å². The molecule has 0 aromatic carbocycles. The molecule has 1 rings (SSSR count). The van der Waals surface area contributed by atoms with Gasteiger partial charge in [0.25, 0.3) is 0 Å². The minimum Gasteiger partial charge on any atom is -0.377 e. The molecule has 5 nitrogen and oxygen atoms in total. The first-order valence-corrected chi connectivity index (χ1v) is 3.34. The van der Waals surface area contributed by atoms with Crippen LogP contribution in [0.25, 0.3) is 0 Å². The van der Waals surface area contributed by atoms with Gasteiger partial charge in [0.15, 0.2) is 5.82 Å². The number of aromatic nitrogens is 3. The van der Waals surface area contributed by atoms with E-state index in [0.717, 1.165) is 5.95 Å². The van der Waals surface area contributed by atoms with Crippen LogP contribution in [0, 0.1) is 0 Å². The number of anilines is 1. The van der Waals surface area contributed by atoms with Crippen molar-refractivity contribution in [1.82, 2.24) is 14.8 Å². The highest BCUT2D eigenvalue weighted by atomic mass is 16.5. The number of hydrogen-bond acceptors (Lipinski definition) is 4. The molecule has 0 spiro atoms. The maximum absolute atomic E-state index is 4.87. The zero-order valence-corrected chi connectivity index (χ0v) is 6.96. The molecule has 1 heterocycles. The van der Waals surface area contributed by atoms with Crippen LogP contribution in [0.3, 0.4) is 0 Å². The highest BCUT2D eigenvalue weighted by molar-refractivity contribution is 5.22. The van der Waals surface area contributed by atoms with Gasteiger partial charge in [-0.15, -0.1) is 0 Å². The molecular formula is C6H12N4O. The summed E-state index contributed by atoms with van der Waals surface area (Å²) in [6.45, 7) is 0.454. The van der Waals surface area contributed by atoms with Crippen LogP contribution < -0.4 is 5.32 Å². The fraction of sp³-hybridized carbons (Fsp3) is 0.667. The van der Waals surface area contributed by atoms with Gasteiger partial charge in [-0.2, -0.15) is 10.1 Å². The van der Waals surface area contributed by atoms with Crippen molar-refractivity contribution in [3.8, 4) is 0 Å². The summed E-state index contributed by atoms with van der Waals surface area (Å²) in [6, 6.07) is 0. The van der Waals surface area contributed by atoms with Crippen molar-refractivity contribution in [2.45, 2.75) is 6.61 Å². The lowest BCUT2D eigenvalue weighted by Gasteiger charge is -1.93. The van der Waals surface area contributed by atoms with Crippen molar-refractivity contribution in [3.05, 3.63) is 5.82 Å². The summed E-state index contributed by atoms with van der Waals surface area (Å²) in [5.41, 5.74) is 0. The molecule has 1 aromatic heterocycles. The molecule has 1 aromatic rings. The van der Waals surface area contributed by atoms with Crippen LogP contribution in [-0.2, 0) is 18.4 Å². The predicted octanol–water partition coefficient (Wildman–Crippen LogP) is 0.00320. The lowest BCUT2D eigenvalue weighted by atomic mass is 10.7. The van der Waals surface area contributed by atoms with Gasteiger partial charge in [-0.3, -0.25) is 0 Å². The van der Waals surface area contributed by atoms with E-state index in [4.69, 9.17) is 4.74 Å². The Morgan fingerprint density at radius 3 is 2.82 bits per heavy atom. The van der Waals surface area contributed by atoms with Gasteiger partial charge in [-0.25, -0.2) is 4.68 Å². The highest BCUT2D eigenvalue weighted by Crippen LogP contribution is 2.01. The van der Waals surface area contributed by atoms with E-state index in [2.05, 4.69) is 15.4 Å². The van der Waals surface area contributed by atoms with Gasteiger partial charge in [0, 0.05) is 21.2 Å². The second kappa shape index (κ2) is 3.34. The fourth-order valence-electron chi connectivity index (χ4n) is 0.845. The number of ether oxygens (including phenoxy) is 1. The lowest BCUT2D eigenvalue weighted by molar-refractivity contribution is 0.177. The largest absolute Gasteiger partial charge is 0.377 e. The van der Waals surface area contributed by atoms with Crippen LogP contribution in [-0.4, -0.2) is 28.9 Å². The summed E-state index contributed by atoms with van der Waals surface area (Å²) in [7, 11) is 5.26. The Balaban J connectivity index is 2.77. The molecule has 0 aliphatic carbocycles. The molecule has 0 unspecified atom stereocenters. The van der Waals surface area contributed by atoms with E-state index in [1.807, 2.05) is 7.05 Å². The second-order valence-electron chi connectivity index (χ2n) is 2.16. The Hall–Kier alpha value is -1.10. The van der Waals surface area contributed by atoms with Crippen molar-refractivity contribution in [2.75, 3.05) is 19.5 Å². The highest BCUT2D eigenvalue weighted by Gasteiger charge is 2.03. The van der Waals surface area contributed by atoms with Crippen molar-refractivity contribution < 1.29 is 4.74 Å². The Morgan fingerprint density at radius 2 is 2.36 bits per heavy atom. The lowest BCUT2D eigenvalue weighted by Crippen LogP contribution is -1.98. The van der Waals surface area contributed by atoms with Gasteiger partial charge in [0.05, 0.1) is 0 Å². The van der Waals surface area contributed by atoms with Crippen LogP contribution in [0.1, 0.15) is 5.82 Å². The molecule has 5 heteroatoms.